The topological polar surface area (TPSA) is 48.5 Å². The monoisotopic (exact) mass is 285 g/mol. The zero-order chi connectivity index (χ0) is 14.3. The van der Waals surface area contributed by atoms with Crippen LogP contribution in [0, 0.1) is 5.41 Å². The average Bonchev–Trinajstić information content (AvgIpc) is 3.13. The molecule has 1 atom stereocenters. The Balaban J connectivity index is 1.62. The van der Waals surface area contributed by atoms with Crippen molar-refractivity contribution < 1.29 is 0 Å². The molecule has 21 heavy (non-hydrogen) atoms. The smallest absolute Gasteiger partial charge is 0.155 e. The van der Waals surface area contributed by atoms with Gasteiger partial charge in [0.15, 0.2) is 5.82 Å². The second-order valence-electron chi connectivity index (χ2n) is 6.84. The molecular formula is C16H23N5. The van der Waals surface area contributed by atoms with E-state index in [-0.39, 0.29) is 6.04 Å². The molecule has 5 heteroatoms. The van der Waals surface area contributed by atoms with Crippen LogP contribution in [0.3, 0.4) is 0 Å². The lowest BCUT2D eigenvalue weighted by atomic mass is 9.79. The Morgan fingerprint density at radius 1 is 1.14 bits per heavy atom. The third kappa shape index (κ3) is 2.19. The number of rotatable bonds is 2. The minimum atomic E-state index is 0.203. The molecule has 0 aromatic carbocycles. The molecule has 0 radical (unpaired) electrons. The molecule has 112 valence electrons. The Bertz CT molecular complexity index is 605. The Hall–Kier alpha value is -1.65. The van der Waals surface area contributed by atoms with Crippen molar-refractivity contribution in [2.75, 3.05) is 0 Å². The molecule has 5 nitrogen and oxygen atoms in total. The highest BCUT2D eigenvalue weighted by Gasteiger charge is 2.40. The molecule has 1 fully saturated rings. The fraction of sp³-hybridized carbons (Fsp3) is 0.688. The largest absolute Gasteiger partial charge is 0.327 e. The molecule has 1 aliphatic heterocycles. The van der Waals surface area contributed by atoms with E-state index in [1.165, 1.54) is 44.3 Å². The van der Waals surface area contributed by atoms with Crippen LogP contribution in [0.5, 0.6) is 0 Å². The first-order valence-corrected chi connectivity index (χ1v) is 8.17. The Morgan fingerprint density at radius 2 is 1.95 bits per heavy atom. The quantitative estimate of drug-likeness (QED) is 0.852. The average molecular weight is 285 g/mol. The molecule has 2 aliphatic rings. The summed E-state index contributed by atoms with van der Waals surface area (Å²) in [5, 5.41) is 8.95. The number of nitrogens with zero attached hydrogens (tertiary/aromatic N) is 5. The molecule has 2 aromatic rings. The van der Waals surface area contributed by atoms with Gasteiger partial charge < -0.3 is 9.13 Å². The molecule has 3 heterocycles. The maximum absolute atomic E-state index is 4.49. The summed E-state index contributed by atoms with van der Waals surface area (Å²) in [4.78, 5) is 4.15. The van der Waals surface area contributed by atoms with Gasteiger partial charge in [0, 0.05) is 25.4 Å². The number of hydrogen-bond donors (Lipinski definition) is 0. The van der Waals surface area contributed by atoms with Crippen LogP contribution in [-0.4, -0.2) is 24.3 Å². The standard InChI is InChI=1S/C16H23N5/c1-13(20-9-8-17-12-20)15-19-18-14-10-16(11-21(14)15)6-4-2-3-5-7-16/h8-9,12-13H,2-7,10-11H2,1H3. The predicted octanol–water partition coefficient (Wildman–Crippen LogP) is 2.98. The maximum Gasteiger partial charge on any atom is 0.155 e. The van der Waals surface area contributed by atoms with Gasteiger partial charge in [-0.05, 0) is 25.2 Å². The van der Waals surface area contributed by atoms with Crippen molar-refractivity contribution in [3.05, 3.63) is 30.4 Å². The fourth-order valence-corrected chi connectivity index (χ4v) is 4.13. The SMILES string of the molecule is CC(c1nnc2n1CC1(CCCCCC1)C2)n1ccnc1. The minimum absolute atomic E-state index is 0.203. The van der Waals surface area contributed by atoms with Gasteiger partial charge in [-0.3, -0.25) is 0 Å². The van der Waals surface area contributed by atoms with Crippen molar-refractivity contribution >= 4 is 0 Å². The highest BCUT2D eigenvalue weighted by atomic mass is 15.3. The van der Waals surface area contributed by atoms with Crippen molar-refractivity contribution in [3.8, 4) is 0 Å². The first-order chi connectivity index (χ1) is 10.3. The lowest BCUT2D eigenvalue weighted by Gasteiger charge is -2.27. The lowest BCUT2D eigenvalue weighted by molar-refractivity contribution is 0.234. The van der Waals surface area contributed by atoms with Gasteiger partial charge in [-0.1, -0.05) is 25.7 Å². The van der Waals surface area contributed by atoms with E-state index in [1.54, 1.807) is 0 Å². The van der Waals surface area contributed by atoms with Crippen molar-refractivity contribution in [1.29, 1.82) is 0 Å². The van der Waals surface area contributed by atoms with Crippen LogP contribution in [0.2, 0.25) is 0 Å². The zero-order valence-corrected chi connectivity index (χ0v) is 12.7. The molecule has 0 N–H and O–H groups in total. The van der Waals surface area contributed by atoms with Gasteiger partial charge in [-0.25, -0.2) is 4.98 Å². The third-order valence-corrected chi connectivity index (χ3v) is 5.39. The van der Waals surface area contributed by atoms with Crippen molar-refractivity contribution in [1.82, 2.24) is 24.3 Å². The normalized spacial score (nSPS) is 22.1. The Kier molecular flexibility index (Phi) is 3.08. The van der Waals surface area contributed by atoms with Gasteiger partial charge in [-0.2, -0.15) is 0 Å². The molecular weight excluding hydrogens is 262 g/mol. The zero-order valence-electron chi connectivity index (χ0n) is 12.7. The van der Waals surface area contributed by atoms with E-state index in [0.29, 0.717) is 5.41 Å². The lowest BCUT2D eigenvalue weighted by Crippen LogP contribution is -2.23. The van der Waals surface area contributed by atoms with E-state index in [0.717, 1.165) is 18.8 Å². The summed E-state index contributed by atoms with van der Waals surface area (Å²) in [6.07, 6.45) is 15.1. The van der Waals surface area contributed by atoms with Gasteiger partial charge in [0.25, 0.3) is 0 Å². The summed E-state index contributed by atoms with van der Waals surface area (Å²) >= 11 is 0. The molecule has 0 amide bonds. The second-order valence-corrected chi connectivity index (χ2v) is 6.84. The minimum Gasteiger partial charge on any atom is -0.327 e. The highest BCUT2D eigenvalue weighted by Crippen LogP contribution is 2.44. The molecule has 1 saturated carbocycles. The van der Waals surface area contributed by atoms with E-state index in [9.17, 15) is 0 Å². The number of hydrogen-bond acceptors (Lipinski definition) is 3. The van der Waals surface area contributed by atoms with Gasteiger partial charge in [0.05, 0.1) is 12.4 Å². The van der Waals surface area contributed by atoms with Crippen molar-refractivity contribution in [2.24, 2.45) is 5.41 Å². The van der Waals surface area contributed by atoms with Crippen LogP contribution >= 0.6 is 0 Å². The summed E-state index contributed by atoms with van der Waals surface area (Å²) in [5.74, 6) is 2.28. The van der Waals surface area contributed by atoms with Crippen LogP contribution in [0.15, 0.2) is 18.7 Å². The number of fused-ring (bicyclic) bond motifs is 1. The summed E-state index contributed by atoms with van der Waals surface area (Å²) in [7, 11) is 0. The van der Waals surface area contributed by atoms with Gasteiger partial charge in [-0.15, -0.1) is 10.2 Å². The van der Waals surface area contributed by atoms with Crippen LogP contribution in [0.25, 0.3) is 0 Å². The maximum atomic E-state index is 4.49. The molecule has 1 unspecified atom stereocenters. The van der Waals surface area contributed by atoms with E-state index < -0.39 is 0 Å². The van der Waals surface area contributed by atoms with Crippen molar-refractivity contribution in [2.45, 2.75) is 64.5 Å². The second kappa shape index (κ2) is 4.97. The molecule has 4 rings (SSSR count). The van der Waals surface area contributed by atoms with Crippen LogP contribution in [0.1, 0.15) is 63.1 Å². The summed E-state index contributed by atoms with van der Waals surface area (Å²) in [6, 6.07) is 0.203. The van der Waals surface area contributed by atoms with Crippen LogP contribution < -0.4 is 0 Å². The van der Waals surface area contributed by atoms with Crippen LogP contribution in [-0.2, 0) is 13.0 Å². The van der Waals surface area contributed by atoms with Gasteiger partial charge >= 0.3 is 0 Å². The van der Waals surface area contributed by atoms with Crippen molar-refractivity contribution in [3.63, 3.8) is 0 Å². The predicted molar refractivity (Wildman–Crippen MR) is 79.9 cm³/mol. The number of aromatic nitrogens is 5. The third-order valence-electron chi connectivity index (χ3n) is 5.39. The highest BCUT2D eigenvalue weighted by molar-refractivity contribution is 5.11. The van der Waals surface area contributed by atoms with Gasteiger partial charge in [0.2, 0.25) is 0 Å². The first kappa shape index (κ1) is 13.0. The number of imidazole rings is 1. The van der Waals surface area contributed by atoms with E-state index >= 15 is 0 Å². The van der Waals surface area contributed by atoms with E-state index in [2.05, 4.69) is 31.2 Å². The summed E-state index contributed by atoms with van der Waals surface area (Å²) in [6.45, 7) is 3.29. The Morgan fingerprint density at radius 3 is 2.67 bits per heavy atom. The van der Waals surface area contributed by atoms with E-state index in [4.69, 9.17) is 0 Å². The molecule has 1 aliphatic carbocycles. The summed E-state index contributed by atoms with van der Waals surface area (Å²) in [5.41, 5.74) is 0.463. The molecule has 0 saturated heterocycles. The molecule has 1 spiro atoms. The van der Waals surface area contributed by atoms with Gasteiger partial charge in [0.1, 0.15) is 5.82 Å². The fourth-order valence-electron chi connectivity index (χ4n) is 4.13. The Labute approximate surface area is 125 Å². The van der Waals surface area contributed by atoms with E-state index in [1.807, 2.05) is 18.7 Å². The van der Waals surface area contributed by atoms with Crippen LogP contribution in [0.4, 0.5) is 0 Å². The summed E-state index contributed by atoms with van der Waals surface area (Å²) < 4.78 is 4.49. The first-order valence-electron chi connectivity index (χ1n) is 8.17. The molecule has 0 bridgehead atoms. The molecule has 2 aromatic heterocycles.